The number of carbonyl (C=O) groups is 2. The van der Waals surface area contributed by atoms with Gasteiger partial charge in [-0.15, -0.1) is 0 Å². The van der Waals surface area contributed by atoms with Gasteiger partial charge in [-0.1, -0.05) is 0 Å². The molecule has 1 aromatic rings. The Hall–Kier alpha value is -2.11. The van der Waals surface area contributed by atoms with Gasteiger partial charge in [0.05, 0.1) is 12.7 Å². The van der Waals surface area contributed by atoms with Gasteiger partial charge >= 0.3 is 5.97 Å². The summed E-state index contributed by atoms with van der Waals surface area (Å²) < 4.78 is 23.5. The van der Waals surface area contributed by atoms with Crippen molar-refractivity contribution in [3.8, 4) is 5.75 Å². The van der Waals surface area contributed by atoms with Gasteiger partial charge in [-0.3, -0.25) is 4.79 Å². The van der Waals surface area contributed by atoms with E-state index in [1.54, 1.807) is 0 Å². The molecule has 1 aromatic carbocycles. The van der Waals surface area contributed by atoms with Crippen molar-refractivity contribution in [2.75, 3.05) is 7.11 Å². The summed E-state index contributed by atoms with van der Waals surface area (Å²) in [5.74, 6) is -1.80. The summed E-state index contributed by atoms with van der Waals surface area (Å²) in [5.41, 5.74) is -0.686. The molecular formula is C15H20FNO4. The number of methoxy groups -OCH3 is 1. The lowest BCUT2D eigenvalue weighted by molar-refractivity contribution is -0.130. The van der Waals surface area contributed by atoms with E-state index in [4.69, 9.17) is 9.47 Å². The standard InChI is InChI=1S/C15H20FNO4/c1-9(13(18)17-15(2,3)4)21-14(19)11-7-6-10(20-5)8-12(11)16/h6-9H,1-5H3,(H,17,18)/t9-/m0/s1. The Kier molecular flexibility index (Phi) is 5.29. The molecule has 0 spiro atoms. The minimum absolute atomic E-state index is 0.244. The van der Waals surface area contributed by atoms with Crippen LogP contribution in [0.1, 0.15) is 38.1 Å². The van der Waals surface area contributed by atoms with Gasteiger partial charge in [0.15, 0.2) is 6.10 Å². The average molecular weight is 297 g/mol. The van der Waals surface area contributed by atoms with Crippen LogP contribution in [0.5, 0.6) is 5.75 Å². The lowest BCUT2D eigenvalue weighted by atomic mass is 10.1. The van der Waals surface area contributed by atoms with Crippen molar-refractivity contribution in [2.24, 2.45) is 0 Å². The number of hydrogen-bond acceptors (Lipinski definition) is 4. The van der Waals surface area contributed by atoms with Gasteiger partial charge in [-0.25, -0.2) is 9.18 Å². The van der Waals surface area contributed by atoms with E-state index in [1.165, 1.54) is 26.2 Å². The van der Waals surface area contributed by atoms with E-state index in [0.717, 1.165) is 6.07 Å². The number of esters is 1. The first-order valence-electron chi connectivity index (χ1n) is 6.50. The fraction of sp³-hybridized carbons (Fsp3) is 0.467. The molecule has 1 amide bonds. The molecule has 0 heterocycles. The van der Waals surface area contributed by atoms with Gasteiger partial charge in [-0.05, 0) is 39.8 Å². The predicted octanol–water partition coefficient (Wildman–Crippen LogP) is 2.29. The Balaban J connectivity index is 2.75. The highest BCUT2D eigenvalue weighted by Gasteiger charge is 2.24. The Bertz CT molecular complexity index is 537. The molecule has 0 radical (unpaired) electrons. The number of amides is 1. The van der Waals surface area contributed by atoms with E-state index in [-0.39, 0.29) is 5.56 Å². The van der Waals surface area contributed by atoms with Crippen molar-refractivity contribution in [2.45, 2.75) is 39.3 Å². The van der Waals surface area contributed by atoms with Crippen molar-refractivity contribution in [1.29, 1.82) is 0 Å². The van der Waals surface area contributed by atoms with Crippen molar-refractivity contribution >= 4 is 11.9 Å². The third-order valence-electron chi connectivity index (χ3n) is 2.55. The molecule has 0 fully saturated rings. The smallest absolute Gasteiger partial charge is 0.341 e. The van der Waals surface area contributed by atoms with Crippen LogP contribution in [0.3, 0.4) is 0 Å². The van der Waals surface area contributed by atoms with Crippen LogP contribution in [0, 0.1) is 5.82 Å². The number of benzene rings is 1. The summed E-state index contributed by atoms with van der Waals surface area (Å²) in [4.78, 5) is 23.7. The quantitative estimate of drug-likeness (QED) is 0.866. The molecule has 0 bridgehead atoms. The zero-order chi connectivity index (χ0) is 16.2. The second-order valence-electron chi connectivity index (χ2n) is 5.63. The molecule has 1 N–H and O–H groups in total. The third kappa shape index (κ3) is 5.06. The molecule has 1 rings (SSSR count). The highest BCUT2D eigenvalue weighted by Crippen LogP contribution is 2.17. The molecule has 0 saturated carbocycles. The van der Waals surface area contributed by atoms with Crippen LogP contribution in [-0.2, 0) is 9.53 Å². The fourth-order valence-electron chi connectivity index (χ4n) is 1.54. The average Bonchev–Trinajstić information content (AvgIpc) is 2.36. The lowest BCUT2D eigenvalue weighted by Gasteiger charge is -2.23. The molecule has 5 nitrogen and oxygen atoms in total. The number of halogens is 1. The van der Waals surface area contributed by atoms with Gasteiger partial charge in [0.2, 0.25) is 0 Å². The molecule has 0 aliphatic carbocycles. The molecule has 21 heavy (non-hydrogen) atoms. The van der Waals surface area contributed by atoms with E-state index >= 15 is 0 Å². The second-order valence-corrected chi connectivity index (χ2v) is 5.63. The minimum atomic E-state index is -1.02. The van der Waals surface area contributed by atoms with Gasteiger partial charge in [0, 0.05) is 11.6 Å². The molecule has 0 aromatic heterocycles. The largest absolute Gasteiger partial charge is 0.497 e. The maximum Gasteiger partial charge on any atom is 0.341 e. The number of carbonyl (C=O) groups excluding carboxylic acids is 2. The van der Waals surface area contributed by atoms with Crippen LogP contribution >= 0.6 is 0 Å². The van der Waals surface area contributed by atoms with Gasteiger partial charge in [-0.2, -0.15) is 0 Å². The fourth-order valence-corrected chi connectivity index (χ4v) is 1.54. The van der Waals surface area contributed by atoms with Crippen LogP contribution in [0.25, 0.3) is 0 Å². The molecule has 116 valence electrons. The summed E-state index contributed by atoms with van der Waals surface area (Å²) >= 11 is 0. The number of hydrogen-bond donors (Lipinski definition) is 1. The molecule has 0 aliphatic heterocycles. The van der Waals surface area contributed by atoms with Crippen molar-refractivity contribution in [3.63, 3.8) is 0 Å². The molecular weight excluding hydrogens is 277 g/mol. The normalized spacial score (nSPS) is 12.5. The van der Waals surface area contributed by atoms with Crippen molar-refractivity contribution in [3.05, 3.63) is 29.6 Å². The second kappa shape index (κ2) is 6.56. The maximum absolute atomic E-state index is 13.7. The van der Waals surface area contributed by atoms with Crippen LogP contribution < -0.4 is 10.1 Å². The first-order chi connectivity index (χ1) is 9.64. The van der Waals surface area contributed by atoms with Crippen LogP contribution in [0.2, 0.25) is 0 Å². The van der Waals surface area contributed by atoms with Gasteiger partial charge < -0.3 is 14.8 Å². The number of rotatable bonds is 4. The first kappa shape index (κ1) is 16.9. The summed E-state index contributed by atoms with van der Waals surface area (Å²) in [5, 5.41) is 2.68. The van der Waals surface area contributed by atoms with Crippen molar-refractivity contribution in [1.82, 2.24) is 5.32 Å². The summed E-state index contributed by atoms with van der Waals surface area (Å²) in [6.07, 6.45) is -1.02. The summed E-state index contributed by atoms with van der Waals surface area (Å²) in [7, 11) is 1.39. The van der Waals surface area contributed by atoms with Crippen LogP contribution in [0.15, 0.2) is 18.2 Å². The molecule has 6 heteroatoms. The monoisotopic (exact) mass is 297 g/mol. The zero-order valence-corrected chi connectivity index (χ0v) is 12.8. The van der Waals surface area contributed by atoms with Crippen LogP contribution in [0.4, 0.5) is 4.39 Å². The first-order valence-corrected chi connectivity index (χ1v) is 6.50. The van der Waals surface area contributed by atoms with E-state index in [1.807, 2.05) is 20.8 Å². The number of ether oxygens (including phenoxy) is 2. The van der Waals surface area contributed by atoms with E-state index in [9.17, 15) is 14.0 Å². The molecule has 1 atom stereocenters. The SMILES string of the molecule is COc1ccc(C(=O)O[C@@H](C)C(=O)NC(C)(C)C)c(F)c1. The van der Waals surface area contributed by atoms with Gasteiger partial charge in [0.25, 0.3) is 5.91 Å². The van der Waals surface area contributed by atoms with E-state index in [0.29, 0.717) is 5.75 Å². The molecule has 0 saturated heterocycles. The Morgan fingerprint density at radius 2 is 1.90 bits per heavy atom. The summed E-state index contributed by atoms with van der Waals surface area (Å²) in [6.45, 7) is 6.86. The van der Waals surface area contributed by atoms with Crippen molar-refractivity contribution < 1.29 is 23.5 Å². The third-order valence-corrected chi connectivity index (χ3v) is 2.55. The molecule has 0 aliphatic rings. The Morgan fingerprint density at radius 3 is 2.38 bits per heavy atom. The van der Waals surface area contributed by atoms with Gasteiger partial charge in [0.1, 0.15) is 11.6 Å². The zero-order valence-electron chi connectivity index (χ0n) is 12.8. The molecule has 0 unspecified atom stereocenters. The van der Waals surface area contributed by atoms with Crippen LogP contribution in [-0.4, -0.2) is 30.6 Å². The minimum Gasteiger partial charge on any atom is -0.497 e. The Labute approximate surface area is 123 Å². The number of nitrogens with one attached hydrogen (secondary N) is 1. The topological polar surface area (TPSA) is 64.6 Å². The highest BCUT2D eigenvalue weighted by atomic mass is 19.1. The van der Waals surface area contributed by atoms with E-state index in [2.05, 4.69) is 5.32 Å². The predicted molar refractivity (Wildman–Crippen MR) is 75.7 cm³/mol. The highest BCUT2D eigenvalue weighted by molar-refractivity contribution is 5.92. The maximum atomic E-state index is 13.7. The van der Waals surface area contributed by atoms with E-state index < -0.39 is 29.3 Å². The Morgan fingerprint density at radius 1 is 1.29 bits per heavy atom. The lowest BCUT2D eigenvalue weighted by Crippen LogP contribution is -2.46. The summed E-state index contributed by atoms with van der Waals surface area (Å²) in [6, 6.07) is 3.78.